The molecule has 0 aromatic rings. The predicted molar refractivity (Wildman–Crippen MR) is 78.8 cm³/mol. The van der Waals surface area contributed by atoms with Gasteiger partial charge in [0.15, 0.2) is 9.84 Å². The van der Waals surface area contributed by atoms with Crippen LogP contribution >= 0.6 is 0 Å². The van der Waals surface area contributed by atoms with Gasteiger partial charge in [-0.15, -0.1) is 0 Å². The van der Waals surface area contributed by atoms with Crippen LogP contribution in [-0.4, -0.2) is 68.1 Å². The number of nitrogens with zero attached hydrogens (tertiary/aromatic N) is 1. The minimum Gasteiger partial charge on any atom is -0.481 e. The van der Waals surface area contributed by atoms with Gasteiger partial charge in [0.1, 0.15) is 5.25 Å². The summed E-state index contributed by atoms with van der Waals surface area (Å²) in [5.74, 6) is -2.35. The van der Waals surface area contributed by atoms with E-state index in [4.69, 9.17) is 9.84 Å². The number of sulfone groups is 1. The Morgan fingerprint density at radius 3 is 2.29 bits per heavy atom. The smallest absolute Gasteiger partial charge is 0.308 e. The van der Waals surface area contributed by atoms with Crippen LogP contribution in [0.3, 0.4) is 0 Å². The van der Waals surface area contributed by atoms with E-state index in [1.165, 1.54) is 18.7 Å². The normalized spacial score (nSPS) is 14.5. The van der Waals surface area contributed by atoms with E-state index < -0.39 is 32.9 Å². The second-order valence-electron chi connectivity index (χ2n) is 5.05. The molecule has 1 amide bonds. The Bertz CT molecular complexity index is 448. The summed E-state index contributed by atoms with van der Waals surface area (Å²) in [7, 11) is -3.51. The van der Waals surface area contributed by atoms with Gasteiger partial charge in [0.05, 0.1) is 5.92 Å². The first kappa shape index (κ1) is 19.9. The minimum absolute atomic E-state index is 0.0137. The number of carboxylic acids is 1. The highest BCUT2D eigenvalue weighted by Gasteiger charge is 2.29. The highest BCUT2D eigenvalue weighted by atomic mass is 32.2. The zero-order valence-corrected chi connectivity index (χ0v) is 13.9. The number of hydrogen-bond acceptors (Lipinski definition) is 5. The number of ether oxygens (including phenoxy) is 1. The Morgan fingerprint density at radius 1 is 1.29 bits per heavy atom. The summed E-state index contributed by atoms with van der Waals surface area (Å²) in [5.41, 5.74) is 0. The Balaban J connectivity index is 4.85. The largest absolute Gasteiger partial charge is 0.481 e. The van der Waals surface area contributed by atoms with Crippen LogP contribution in [0, 0.1) is 5.92 Å². The maximum Gasteiger partial charge on any atom is 0.308 e. The van der Waals surface area contributed by atoms with E-state index >= 15 is 0 Å². The van der Waals surface area contributed by atoms with E-state index in [-0.39, 0.29) is 13.1 Å². The molecule has 0 aliphatic rings. The second-order valence-corrected chi connectivity index (χ2v) is 7.41. The van der Waals surface area contributed by atoms with Gasteiger partial charge in [-0.2, -0.15) is 0 Å². The van der Waals surface area contributed by atoms with Crippen LogP contribution in [-0.2, 0) is 24.2 Å². The van der Waals surface area contributed by atoms with Gasteiger partial charge in [0.25, 0.3) is 0 Å². The summed E-state index contributed by atoms with van der Waals surface area (Å²) in [4.78, 5) is 24.4. The molecule has 7 nitrogen and oxygen atoms in total. The molecule has 0 aromatic carbocycles. The number of carbonyl (C=O) groups is 2. The quantitative estimate of drug-likeness (QED) is 0.584. The van der Waals surface area contributed by atoms with E-state index in [1.54, 1.807) is 0 Å². The number of carboxylic acid groups (broad SMARTS) is 1. The third-order valence-corrected chi connectivity index (χ3v) is 4.62. The summed E-state index contributed by atoms with van der Waals surface area (Å²) >= 11 is 0. The Labute approximate surface area is 126 Å². The molecule has 0 heterocycles. The first-order valence-corrected chi connectivity index (χ1v) is 8.84. The Hall–Kier alpha value is -1.15. The van der Waals surface area contributed by atoms with Gasteiger partial charge in [-0.1, -0.05) is 6.92 Å². The zero-order chi connectivity index (χ0) is 16.6. The summed E-state index contributed by atoms with van der Waals surface area (Å²) < 4.78 is 28.1. The Kier molecular flexibility index (Phi) is 8.50. The molecule has 21 heavy (non-hydrogen) atoms. The van der Waals surface area contributed by atoms with Gasteiger partial charge >= 0.3 is 5.97 Å². The number of hydrogen-bond donors (Lipinski definition) is 1. The van der Waals surface area contributed by atoms with Crippen LogP contribution in [0.1, 0.15) is 27.2 Å². The van der Waals surface area contributed by atoms with E-state index in [1.807, 2.05) is 6.92 Å². The van der Waals surface area contributed by atoms with Crippen LogP contribution in [0.25, 0.3) is 0 Å². The highest BCUT2D eigenvalue weighted by molar-refractivity contribution is 7.92. The average Bonchev–Trinajstić information content (AvgIpc) is 2.39. The Morgan fingerprint density at radius 2 is 1.86 bits per heavy atom. The first-order valence-electron chi connectivity index (χ1n) is 6.89. The van der Waals surface area contributed by atoms with Crippen molar-refractivity contribution < 1.29 is 27.9 Å². The molecule has 0 aliphatic carbocycles. The topological polar surface area (TPSA) is 101 Å². The third kappa shape index (κ3) is 7.42. The van der Waals surface area contributed by atoms with Gasteiger partial charge in [-0.05, 0) is 20.3 Å². The van der Waals surface area contributed by atoms with Gasteiger partial charge in [-0.3, -0.25) is 9.59 Å². The summed E-state index contributed by atoms with van der Waals surface area (Å²) in [6.45, 7) is 5.90. The fraction of sp³-hybridized carbons (Fsp3) is 0.846. The lowest BCUT2D eigenvalue weighted by Crippen LogP contribution is -2.44. The van der Waals surface area contributed by atoms with Crippen molar-refractivity contribution >= 4 is 21.7 Å². The minimum atomic E-state index is -3.51. The lowest BCUT2D eigenvalue weighted by Gasteiger charge is -2.26. The second kappa shape index (κ2) is 8.99. The zero-order valence-electron chi connectivity index (χ0n) is 13.0. The average molecular weight is 323 g/mol. The molecule has 0 saturated heterocycles. The maximum atomic E-state index is 12.2. The highest BCUT2D eigenvalue weighted by Crippen LogP contribution is 2.09. The molecule has 2 atom stereocenters. The van der Waals surface area contributed by atoms with Crippen molar-refractivity contribution in [2.24, 2.45) is 5.92 Å². The molecule has 0 saturated carbocycles. The molecule has 0 bridgehead atoms. The van der Waals surface area contributed by atoms with Gasteiger partial charge in [0, 0.05) is 32.6 Å². The molecule has 2 unspecified atom stereocenters. The first-order chi connectivity index (χ1) is 9.61. The van der Waals surface area contributed by atoms with Crippen molar-refractivity contribution in [1.29, 1.82) is 0 Å². The number of aliphatic carboxylic acids is 1. The van der Waals surface area contributed by atoms with Crippen LogP contribution in [0.4, 0.5) is 0 Å². The molecular formula is C13H25NO6S. The molecule has 0 fully saturated rings. The molecule has 0 aliphatic heterocycles. The van der Waals surface area contributed by atoms with Crippen molar-refractivity contribution in [3.05, 3.63) is 0 Å². The molecule has 8 heteroatoms. The molecule has 0 spiro atoms. The van der Waals surface area contributed by atoms with Crippen LogP contribution in [0.15, 0.2) is 0 Å². The summed E-state index contributed by atoms with van der Waals surface area (Å²) in [5, 5.41) is 7.76. The number of amides is 1. The monoisotopic (exact) mass is 323 g/mol. The lowest BCUT2D eigenvalue weighted by molar-refractivity contribution is -0.143. The SMILES string of the molecule is CCOCCCN(CC(C)C(=O)O)C(=O)C(C)S(C)(=O)=O. The fourth-order valence-corrected chi connectivity index (χ4v) is 2.16. The van der Waals surface area contributed by atoms with Gasteiger partial charge in [-0.25, -0.2) is 8.42 Å². The summed E-state index contributed by atoms with van der Waals surface area (Å²) in [6, 6.07) is 0. The van der Waals surface area contributed by atoms with Crippen LogP contribution in [0.5, 0.6) is 0 Å². The van der Waals surface area contributed by atoms with E-state index in [0.29, 0.717) is 19.6 Å². The molecule has 1 N–H and O–H groups in total. The number of rotatable bonds is 10. The van der Waals surface area contributed by atoms with Crippen LogP contribution < -0.4 is 0 Å². The van der Waals surface area contributed by atoms with Crippen molar-refractivity contribution in [2.75, 3.05) is 32.6 Å². The van der Waals surface area contributed by atoms with E-state index in [2.05, 4.69) is 0 Å². The lowest BCUT2D eigenvalue weighted by atomic mass is 10.1. The van der Waals surface area contributed by atoms with Crippen LogP contribution in [0.2, 0.25) is 0 Å². The molecule has 0 aromatic heterocycles. The van der Waals surface area contributed by atoms with Crippen molar-refractivity contribution in [3.63, 3.8) is 0 Å². The molecular weight excluding hydrogens is 298 g/mol. The molecule has 0 rings (SSSR count). The standard InChI is InChI=1S/C13H25NO6S/c1-5-20-8-6-7-14(9-10(2)13(16)17)12(15)11(3)21(4,18)19/h10-11H,5-9H2,1-4H3,(H,16,17). The van der Waals surface area contributed by atoms with Crippen molar-refractivity contribution in [2.45, 2.75) is 32.4 Å². The van der Waals surface area contributed by atoms with E-state index in [9.17, 15) is 18.0 Å². The summed E-state index contributed by atoms with van der Waals surface area (Å²) in [6.07, 6.45) is 1.52. The van der Waals surface area contributed by atoms with Crippen molar-refractivity contribution in [3.8, 4) is 0 Å². The molecule has 124 valence electrons. The van der Waals surface area contributed by atoms with Crippen molar-refractivity contribution in [1.82, 2.24) is 4.90 Å². The fourth-order valence-electron chi connectivity index (χ4n) is 1.64. The maximum absolute atomic E-state index is 12.2. The third-order valence-electron chi connectivity index (χ3n) is 3.14. The van der Waals surface area contributed by atoms with Gasteiger partial charge in [0.2, 0.25) is 5.91 Å². The number of carbonyl (C=O) groups excluding carboxylic acids is 1. The predicted octanol–water partition coefficient (Wildman–Crippen LogP) is 0.395. The van der Waals surface area contributed by atoms with E-state index in [0.717, 1.165) is 6.26 Å². The molecule has 0 radical (unpaired) electrons. The van der Waals surface area contributed by atoms with Gasteiger partial charge < -0.3 is 14.7 Å².